The van der Waals surface area contributed by atoms with Gasteiger partial charge in [-0.25, -0.2) is 0 Å². The van der Waals surface area contributed by atoms with E-state index in [1.807, 2.05) is 47.4 Å². The molecule has 0 atom stereocenters. The van der Waals surface area contributed by atoms with Crippen molar-refractivity contribution in [2.24, 2.45) is 5.92 Å². The molecule has 6 nitrogen and oxygen atoms in total. The Labute approximate surface area is 183 Å². The number of carbonyl (C=O) groups is 2. The molecule has 1 saturated heterocycles. The van der Waals surface area contributed by atoms with Gasteiger partial charge >= 0.3 is 0 Å². The zero-order valence-electron chi connectivity index (χ0n) is 17.7. The van der Waals surface area contributed by atoms with E-state index in [2.05, 4.69) is 16.3 Å². The molecule has 0 aromatic heterocycles. The number of hydrogen-bond donors (Lipinski definition) is 2. The molecule has 0 bridgehead atoms. The summed E-state index contributed by atoms with van der Waals surface area (Å²) in [4.78, 5) is 29.3. The molecular formula is C25H29N3O3. The third-order valence-corrected chi connectivity index (χ3v) is 6.15. The number of likely N-dealkylation sites (tertiary alicyclic amines) is 1. The highest BCUT2D eigenvalue weighted by atomic mass is 16.3. The minimum Gasteiger partial charge on any atom is -0.508 e. The molecule has 0 aliphatic carbocycles. The van der Waals surface area contributed by atoms with Crippen molar-refractivity contribution in [1.82, 2.24) is 9.80 Å². The number of anilines is 1. The topological polar surface area (TPSA) is 72.9 Å². The summed E-state index contributed by atoms with van der Waals surface area (Å²) in [6.45, 7) is 3.27. The van der Waals surface area contributed by atoms with E-state index in [0.29, 0.717) is 32.5 Å². The number of piperidine rings is 1. The van der Waals surface area contributed by atoms with Crippen LogP contribution >= 0.6 is 0 Å². The molecule has 2 N–H and O–H groups in total. The predicted molar refractivity (Wildman–Crippen MR) is 122 cm³/mol. The van der Waals surface area contributed by atoms with Crippen molar-refractivity contribution in [3.05, 3.63) is 66.2 Å². The van der Waals surface area contributed by atoms with E-state index in [-0.39, 0.29) is 23.5 Å². The summed E-state index contributed by atoms with van der Waals surface area (Å²) in [5, 5.41) is 12.4. The van der Waals surface area contributed by atoms with Gasteiger partial charge < -0.3 is 15.3 Å². The number of hydrogen-bond acceptors (Lipinski definition) is 4. The standard InChI is InChI=1S/C25H29N3O3/c29-23-8-6-19(7-9-23)20-10-14-27(15-11-20)18-24(30)28-16-12-21(13-17-28)25(31)26-22-4-2-1-3-5-22/h1-10,21,29H,11-18H2,(H,26,31). The Morgan fingerprint density at radius 2 is 1.68 bits per heavy atom. The van der Waals surface area contributed by atoms with Crippen LogP contribution < -0.4 is 5.32 Å². The number of rotatable bonds is 5. The van der Waals surface area contributed by atoms with Gasteiger partial charge in [0.1, 0.15) is 5.75 Å². The van der Waals surface area contributed by atoms with Crippen LogP contribution in [0.4, 0.5) is 5.69 Å². The van der Waals surface area contributed by atoms with E-state index < -0.39 is 0 Å². The van der Waals surface area contributed by atoms with Crippen LogP contribution in [0.1, 0.15) is 24.8 Å². The summed E-state index contributed by atoms with van der Waals surface area (Å²) < 4.78 is 0. The molecule has 162 valence electrons. The highest BCUT2D eigenvalue weighted by Crippen LogP contribution is 2.24. The van der Waals surface area contributed by atoms with Gasteiger partial charge in [-0.05, 0) is 54.7 Å². The maximum atomic E-state index is 12.8. The second kappa shape index (κ2) is 9.79. The first-order valence-electron chi connectivity index (χ1n) is 10.9. The van der Waals surface area contributed by atoms with E-state index in [4.69, 9.17) is 0 Å². The Balaban J connectivity index is 1.22. The number of amides is 2. The van der Waals surface area contributed by atoms with Crippen LogP contribution in [-0.2, 0) is 9.59 Å². The lowest BCUT2D eigenvalue weighted by Gasteiger charge is -2.33. The zero-order valence-corrected chi connectivity index (χ0v) is 17.7. The van der Waals surface area contributed by atoms with Gasteiger partial charge in [0.25, 0.3) is 0 Å². The number of para-hydroxylation sites is 1. The van der Waals surface area contributed by atoms with Gasteiger partial charge in [0.15, 0.2) is 0 Å². The van der Waals surface area contributed by atoms with Gasteiger partial charge in [0.2, 0.25) is 11.8 Å². The van der Waals surface area contributed by atoms with Crippen molar-refractivity contribution in [3.63, 3.8) is 0 Å². The lowest BCUT2D eigenvalue weighted by molar-refractivity contribution is -0.135. The van der Waals surface area contributed by atoms with E-state index in [0.717, 1.165) is 30.8 Å². The third-order valence-electron chi connectivity index (χ3n) is 6.15. The van der Waals surface area contributed by atoms with Crippen molar-refractivity contribution < 1.29 is 14.7 Å². The van der Waals surface area contributed by atoms with Crippen molar-refractivity contribution in [3.8, 4) is 5.75 Å². The summed E-state index contributed by atoms with van der Waals surface area (Å²) in [5.74, 6) is 0.411. The molecule has 0 spiro atoms. The number of aromatic hydroxyl groups is 1. The summed E-state index contributed by atoms with van der Waals surface area (Å²) in [6.07, 6.45) is 4.47. The molecule has 2 aliphatic rings. The Morgan fingerprint density at radius 1 is 0.968 bits per heavy atom. The molecule has 2 amide bonds. The number of phenolic OH excluding ortho intramolecular Hbond substituents is 1. The maximum absolute atomic E-state index is 12.8. The van der Waals surface area contributed by atoms with Crippen LogP contribution in [0.15, 0.2) is 60.7 Å². The van der Waals surface area contributed by atoms with Crippen LogP contribution in [0.5, 0.6) is 5.75 Å². The van der Waals surface area contributed by atoms with Crippen molar-refractivity contribution in [2.75, 3.05) is 38.0 Å². The fourth-order valence-corrected chi connectivity index (χ4v) is 4.24. The van der Waals surface area contributed by atoms with E-state index in [1.165, 1.54) is 5.57 Å². The van der Waals surface area contributed by atoms with Gasteiger partial charge in [-0.2, -0.15) is 0 Å². The second-order valence-corrected chi connectivity index (χ2v) is 8.27. The molecule has 2 aromatic carbocycles. The SMILES string of the molecule is O=C(Nc1ccccc1)C1CCN(C(=O)CN2CC=C(c3ccc(O)cc3)CC2)CC1. The van der Waals surface area contributed by atoms with Crippen LogP contribution in [0.3, 0.4) is 0 Å². The van der Waals surface area contributed by atoms with Gasteiger partial charge in [0, 0.05) is 37.8 Å². The third kappa shape index (κ3) is 5.52. The first kappa shape index (κ1) is 21.1. The second-order valence-electron chi connectivity index (χ2n) is 8.27. The fraction of sp³-hybridized carbons (Fsp3) is 0.360. The molecule has 4 rings (SSSR count). The average molecular weight is 420 g/mol. The van der Waals surface area contributed by atoms with E-state index in [9.17, 15) is 14.7 Å². The van der Waals surface area contributed by atoms with Crippen molar-refractivity contribution >= 4 is 23.1 Å². The number of nitrogens with one attached hydrogen (secondary N) is 1. The summed E-state index contributed by atoms with van der Waals surface area (Å²) in [7, 11) is 0. The minimum atomic E-state index is -0.0463. The molecular weight excluding hydrogens is 390 g/mol. The van der Waals surface area contributed by atoms with Crippen LogP contribution in [0, 0.1) is 5.92 Å². The molecule has 0 saturated carbocycles. The Kier molecular flexibility index (Phi) is 6.67. The maximum Gasteiger partial charge on any atom is 0.236 e. The lowest BCUT2D eigenvalue weighted by atomic mass is 9.95. The minimum absolute atomic E-state index is 0.0428. The van der Waals surface area contributed by atoms with Crippen LogP contribution in [0.2, 0.25) is 0 Å². The lowest BCUT2D eigenvalue weighted by Crippen LogP contribution is -2.46. The molecule has 0 unspecified atom stereocenters. The molecule has 31 heavy (non-hydrogen) atoms. The molecule has 2 aliphatic heterocycles. The zero-order chi connectivity index (χ0) is 21.6. The molecule has 1 fully saturated rings. The van der Waals surface area contributed by atoms with Gasteiger partial charge in [-0.3, -0.25) is 14.5 Å². The first-order valence-corrected chi connectivity index (χ1v) is 10.9. The average Bonchev–Trinajstić information content (AvgIpc) is 2.81. The number of phenols is 1. The molecule has 0 radical (unpaired) electrons. The summed E-state index contributed by atoms with van der Waals surface area (Å²) in [6, 6.07) is 16.8. The molecule has 2 heterocycles. The largest absolute Gasteiger partial charge is 0.508 e. The van der Waals surface area contributed by atoms with Crippen molar-refractivity contribution in [1.29, 1.82) is 0 Å². The van der Waals surface area contributed by atoms with Gasteiger partial charge in [-0.1, -0.05) is 36.4 Å². The summed E-state index contributed by atoms with van der Waals surface area (Å²) in [5.41, 5.74) is 3.20. The molecule has 2 aromatic rings. The highest BCUT2D eigenvalue weighted by Gasteiger charge is 2.28. The van der Waals surface area contributed by atoms with Crippen LogP contribution in [-0.4, -0.2) is 59.4 Å². The Bertz CT molecular complexity index is 932. The van der Waals surface area contributed by atoms with Gasteiger partial charge in [0.05, 0.1) is 6.54 Å². The smallest absolute Gasteiger partial charge is 0.236 e. The van der Waals surface area contributed by atoms with E-state index >= 15 is 0 Å². The number of carbonyl (C=O) groups excluding carboxylic acids is 2. The summed E-state index contributed by atoms with van der Waals surface area (Å²) >= 11 is 0. The van der Waals surface area contributed by atoms with Crippen LogP contribution in [0.25, 0.3) is 5.57 Å². The Hall–Kier alpha value is -3.12. The monoisotopic (exact) mass is 419 g/mol. The van der Waals surface area contributed by atoms with Gasteiger partial charge in [-0.15, -0.1) is 0 Å². The molecule has 6 heteroatoms. The predicted octanol–water partition coefficient (Wildman–Crippen LogP) is 3.36. The first-order chi connectivity index (χ1) is 15.1. The number of benzene rings is 2. The highest BCUT2D eigenvalue weighted by molar-refractivity contribution is 5.92. The van der Waals surface area contributed by atoms with Crippen molar-refractivity contribution in [2.45, 2.75) is 19.3 Å². The quantitative estimate of drug-likeness (QED) is 0.780. The Morgan fingerprint density at radius 3 is 2.32 bits per heavy atom. The fourth-order valence-electron chi connectivity index (χ4n) is 4.24. The normalized spacial score (nSPS) is 17.8. The number of nitrogens with zero attached hydrogens (tertiary/aromatic N) is 2. The van der Waals surface area contributed by atoms with E-state index in [1.54, 1.807) is 12.1 Å².